The molecule has 1 saturated heterocycles. The van der Waals surface area contributed by atoms with Crippen LogP contribution in [-0.2, 0) is 29.1 Å². The summed E-state index contributed by atoms with van der Waals surface area (Å²) < 4.78 is 7.48. The Hall–Kier alpha value is -2.26. The fraction of sp³-hybridized carbons (Fsp3) is 0.636. The van der Waals surface area contributed by atoms with E-state index in [0.29, 0.717) is 45.7 Å². The number of hydrogen-bond donors (Lipinski definition) is 1. The SMILES string of the molecule is CCc1cc(C(=O)N2CCC3(CCCCn4cc(nn4)COCCNC3=O)CC2)cs1. The van der Waals surface area contributed by atoms with E-state index in [2.05, 4.69) is 22.6 Å². The number of thiophene rings is 1. The number of carbonyl (C=O) groups excluding carboxylic acids is 2. The first-order valence-corrected chi connectivity index (χ1v) is 12.1. The average Bonchev–Trinajstić information content (AvgIpc) is 3.45. The van der Waals surface area contributed by atoms with Gasteiger partial charge in [0.1, 0.15) is 5.69 Å². The van der Waals surface area contributed by atoms with E-state index in [9.17, 15) is 9.59 Å². The number of amides is 2. The molecule has 2 aromatic heterocycles. The van der Waals surface area contributed by atoms with Crippen LogP contribution >= 0.6 is 11.3 Å². The fourth-order valence-corrected chi connectivity index (χ4v) is 5.25. The Balaban J connectivity index is 1.40. The third kappa shape index (κ3) is 5.15. The predicted octanol–water partition coefficient (Wildman–Crippen LogP) is 2.64. The number of fused-ring (bicyclic) bond motifs is 2. The molecule has 0 radical (unpaired) electrons. The third-order valence-electron chi connectivity index (χ3n) is 6.40. The molecule has 0 aromatic carbocycles. The van der Waals surface area contributed by atoms with Crippen molar-refractivity contribution in [2.24, 2.45) is 5.41 Å². The van der Waals surface area contributed by atoms with E-state index in [1.165, 1.54) is 4.88 Å². The van der Waals surface area contributed by atoms with Gasteiger partial charge in [-0.2, -0.15) is 0 Å². The summed E-state index contributed by atoms with van der Waals surface area (Å²) in [6, 6.07) is 2.00. The number of aromatic nitrogens is 3. The van der Waals surface area contributed by atoms with Gasteiger partial charge in [-0.05, 0) is 38.2 Å². The number of ether oxygens (including phenoxy) is 1. The first kappa shape index (κ1) is 22.0. The summed E-state index contributed by atoms with van der Waals surface area (Å²) in [5, 5.41) is 13.3. The lowest BCUT2D eigenvalue weighted by Crippen LogP contribution is -2.50. The molecule has 2 aliphatic heterocycles. The van der Waals surface area contributed by atoms with Gasteiger partial charge in [0.15, 0.2) is 0 Å². The second-order valence-electron chi connectivity index (χ2n) is 8.47. The van der Waals surface area contributed by atoms with Crippen LogP contribution in [0.2, 0.25) is 0 Å². The van der Waals surface area contributed by atoms with Crippen LogP contribution in [0.25, 0.3) is 0 Å². The number of nitrogens with one attached hydrogen (secondary N) is 1. The fourth-order valence-electron chi connectivity index (χ4n) is 4.44. The molecule has 1 spiro atoms. The Labute approximate surface area is 186 Å². The molecule has 2 aliphatic rings. The highest BCUT2D eigenvalue weighted by Gasteiger charge is 2.41. The number of piperidine rings is 1. The van der Waals surface area contributed by atoms with Gasteiger partial charge in [-0.25, -0.2) is 0 Å². The second kappa shape index (κ2) is 9.91. The van der Waals surface area contributed by atoms with Crippen molar-refractivity contribution in [3.05, 3.63) is 33.8 Å². The highest BCUT2D eigenvalue weighted by Crippen LogP contribution is 2.37. The van der Waals surface area contributed by atoms with Crippen molar-refractivity contribution >= 4 is 23.2 Å². The maximum atomic E-state index is 13.2. The summed E-state index contributed by atoms with van der Waals surface area (Å²) in [5.41, 5.74) is 1.17. The van der Waals surface area contributed by atoms with Crippen LogP contribution in [0.1, 0.15) is 60.0 Å². The summed E-state index contributed by atoms with van der Waals surface area (Å²) in [4.78, 5) is 29.2. The molecule has 8 nitrogen and oxygen atoms in total. The van der Waals surface area contributed by atoms with Crippen LogP contribution in [0, 0.1) is 5.41 Å². The Morgan fingerprint density at radius 3 is 2.87 bits per heavy atom. The van der Waals surface area contributed by atoms with Crippen molar-refractivity contribution in [1.29, 1.82) is 0 Å². The Bertz CT molecular complexity index is 901. The third-order valence-corrected chi connectivity index (χ3v) is 7.48. The molecule has 168 valence electrons. The number of nitrogens with zero attached hydrogens (tertiary/aromatic N) is 4. The van der Waals surface area contributed by atoms with Crippen molar-refractivity contribution in [2.75, 3.05) is 26.2 Å². The number of carbonyl (C=O) groups is 2. The van der Waals surface area contributed by atoms with E-state index < -0.39 is 5.41 Å². The van der Waals surface area contributed by atoms with Crippen molar-refractivity contribution in [3.8, 4) is 0 Å². The van der Waals surface area contributed by atoms with Crippen molar-refractivity contribution in [1.82, 2.24) is 25.2 Å². The second-order valence-corrected chi connectivity index (χ2v) is 9.46. The summed E-state index contributed by atoms with van der Waals surface area (Å²) in [6.07, 6.45) is 6.97. The van der Waals surface area contributed by atoms with Crippen molar-refractivity contribution in [3.63, 3.8) is 0 Å². The van der Waals surface area contributed by atoms with Crippen LogP contribution in [-0.4, -0.2) is 57.9 Å². The van der Waals surface area contributed by atoms with Crippen LogP contribution in [0.15, 0.2) is 17.6 Å². The van der Waals surface area contributed by atoms with Crippen molar-refractivity contribution in [2.45, 2.75) is 58.6 Å². The van der Waals surface area contributed by atoms with Gasteiger partial charge in [0, 0.05) is 36.4 Å². The maximum Gasteiger partial charge on any atom is 0.254 e. The first-order chi connectivity index (χ1) is 15.1. The Morgan fingerprint density at radius 1 is 1.26 bits per heavy atom. The summed E-state index contributed by atoms with van der Waals surface area (Å²) in [6.45, 7) is 5.44. The van der Waals surface area contributed by atoms with Crippen LogP contribution in [0.5, 0.6) is 0 Å². The van der Waals surface area contributed by atoms with Gasteiger partial charge >= 0.3 is 0 Å². The topological polar surface area (TPSA) is 89.3 Å². The zero-order chi connectivity index (χ0) is 21.7. The molecule has 2 aromatic rings. The quantitative estimate of drug-likeness (QED) is 0.768. The molecule has 0 atom stereocenters. The highest BCUT2D eigenvalue weighted by molar-refractivity contribution is 7.10. The average molecular weight is 446 g/mol. The predicted molar refractivity (Wildman–Crippen MR) is 118 cm³/mol. The number of likely N-dealkylation sites (tertiary alicyclic amines) is 1. The molecule has 1 N–H and O–H groups in total. The van der Waals surface area contributed by atoms with Gasteiger partial charge in [0.25, 0.3) is 5.91 Å². The first-order valence-electron chi connectivity index (χ1n) is 11.2. The molecule has 0 unspecified atom stereocenters. The van der Waals surface area contributed by atoms with E-state index in [4.69, 9.17) is 4.74 Å². The molecule has 2 amide bonds. The lowest BCUT2D eigenvalue weighted by atomic mass is 9.73. The Kier molecular flexibility index (Phi) is 7.02. The molecule has 0 saturated carbocycles. The van der Waals surface area contributed by atoms with E-state index in [0.717, 1.165) is 43.5 Å². The lowest BCUT2D eigenvalue weighted by molar-refractivity contribution is -0.134. The lowest BCUT2D eigenvalue weighted by Gasteiger charge is -2.41. The van der Waals surface area contributed by atoms with E-state index in [-0.39, 0.29) is 11.8 Å². The minimum atomic E-state index is -0.419. The minimum absolute atomic E-state index is 0.0856. The number of rotatable bonds is 2. The molecule has 4 rings (SSSR count). The standard InChI is InChI=1S/C22H31N5O3S/c1-2-19-13-17(16-31-19)20(28)26-10-6-22(7-11-26)5-3-4-9-27-14-18(24-25-27)15-30-12-8-23-21(22)29/h13-14,16H,2-12,15H2,1H3,(H,23,29). The monoisotopic (exact) mass is 445 g/mol. The largest absolute Gasteiger partial charge is 0.373 e. The molecule has 4 heterocycles. The zero-order valence-electron chi connectivity index (χ0n) is 18.1. The van der Waals surface area contributed by atoms with Gasteiger partial charge in [0.05, 0.1) is 30.4 Å². The molecular formula is C22H31N5O3S. The molecule has 1 fully saturated rings. The van der Waals surface area contributed by atoms with Gasteiger partial charge in [-0.15, -0.1) is 16.4 Å². The smallest absolute Gasteiger partial charge is 0.254 e. The van der Waals surface area contributed by atoms with E-state index in [1.807, 2.05) is 27.2 Å². The maximum absolute atomic E-state index is 13.2. The molecule has 0 aliphatic carbocycles. The molecule has 2 bridgehead atoms. The van der Waals surface area contributed by atoms with Crippen LogP contribution in [0.3, 0.4) is 0 Å². The van der Waals surface area contributed by atoms with E-state index >= 15 is 0 Å². The highest BCUT2D eigenvalue weighted by atomic mass is 32.1. The van der Waals surface area contributed by atoms with Gasteiger partial charge < -0.3 is 15.0 Å². The van der Waals surface area contributed by atoms with Crippen LogP contribution in [0.4, 0.5) is 0 Å². The van der Waals surface area contributed by atoms with Crippen molar-refractivity contribution < 1.29 is 14.3 Å². The summed E-state index contributed by atoms with van der Waals surface area (Å²) in [7, 11) is 0. The summed E-state index contributed by atoms with van der Waals surface area (Å²) >= 11 is 1.64. The minimum Gasteiger partial charge on any atom is -0.373 e. The normalized spacial score (nSPS) is 20.3. The van der Waals surface area contributed by atoms with Crippen LogP contribution < -0.4 is 5.32 Å². The van der Waals surface area contributed by atoms with Gasteiger partial charge in [-0.3, -0.25) is 14.3 Å². The zero-order valence-corrected chi connectivity index (χ0v) is 19.0. The molecular weight excluding hydrogens is 414 g/mol. The molecule has 31 heavy (non-hydrogen) atoms. The van der Waals surface area contributed by atoms with Gasteiger partial charge in [0.2, 0.25) is 5.91 Å². The number of hydrogen-bond acceptors (Lipinski definition) is 6. The number of aryl methyl sites for hydroxylation is 2. The Morgan fingerprint density at radius 2 is 2.10 bits per heavy atom. The van der Waals surface area contributed by atoms with E-state index in [1.54, 1.807) is 11.3 Å². The molecule has 9 heteroatoms. The summed E-state index contributed by atoms with van der Waals surface area (Å²) in [5.74, 6) is 0.184. The van der Waals surface area contributed by atoms with Gasteiger partial charge in [-0.1, -0.05) is 18.6 Å².